The van der Waals surface area contributed by atoms with E-state index in [-0.39, 0.29) is 12.5 Å². The zero-order valence-electron chi connectivity index (χ0n) is 15.1. The van der Waals surface area contributed by atoms with Crippen molar-refractivity contribution in [1.29, 1.82) is 0 Å². The average molecular weight is 391 g/mol. The fourth-order valence-electron chi connectivity index (χ4n) is 3.77. The van der Waals surface area contributed by atoms with E-state index >= 15 is 0 Å². The number of fused-ring (bicyclic) bond motifs is 3. The summed E-state index contributed by atoms with van der Waals surface area (Å²) in [4.78, 5) is 43.8. The molecule has 2 aliphatic heterocycles. The van der Waals surface area contributed by atoms with Crippen LogP contribution in [0.15, 0.2) is 57.6 Å². The van der Waals surface area contributed by atoms with Crippen molar-refractivity contribution in [2.45, 2.75) is 19.0 Å². The minimum atomic E-state index is -0.931. The Labute approximate surface area is 163 Å². The van der Waals surface area contributed by atoms with Gasteiger partial charge in [0.05, 0.1) is 17.8 Å². The third kappa shape index (κ3) is 2.74. The second-order valence-corrected chi connectivity index (χ2v) is 6.94. The third-order valence-corrected chi connectivity index (χ3v) is 5.23. The number of hydrogen-bond acceptors (Lipinski definition) is 5. The van der Waals surface area contributed by atoms with Crippen LogP contribution in [0.2, 0.25) is 0 Å². The summed E-state index contributed by atoms with van der Waals surface area (Å²) in [6.45, 7) is 0.402. The van der Waals surface area contributed by atoms with Gasteiger partial charge < -0.3 is 4.90 Å². The Morgan fingerprint density at radius 1 is 1.14 bits per heavy atom. The molecule has 144 valence electrons. The second kappa shape index (κ2) is 6.40. The van der Waals surface area contributed by atoms with Gasteiger partial charge in [0, 0.05) is 30.3 Å². The molecule has 0 radical (unpaired) electrons. The van der Waals surface area contributed by atoms with E-state index in [4.69, 9.17) is 0 Å². The Morgan fingerprint density at radius 3 is 2.83 bits per heavy atom. The molecule has 0 aliphatic carbocycles. The largest absolute Gasteiger partial charge is 0.335 e. The number of carbonyl (C=O) groups excluding carboxylic acids is 2. The molecular weight excluding hydrogens is 377 g/mol. The third-order valence-electron chi connectivity index (χ3n) is 5.23. The highest BCUT2D eigenvalue weighted by molar-refractivity contribution is 5.99. The number of aromatic nitrogens is 2. The van der Waals surface area contributed by atoms with Crippen LogP contribution >= 0.6 is 0 Å². The summed E-state index contributed by atoms with van der Waals surface area (Å²) in [5, 5.41) is 7.50. The van der Waals surface area contributed by atoms with Gasteiger partial charge in [-0.1, -0.05) is 18.2 Å². The first-order chi connectivity index (χ1) is 14.0. The monoisotopic (exact) mass is 391 g/mol. The molecule has 29 heavy (non-hydrogen) atoms. The molecule has 1 atom stereocenters. The molecule has 8 nitrogen and oxygen atoms in total. The molecule has 0 saturated carbocycles. The minimum Gasteiger partial charge on any atom is -0.335 e. The lowest BCUT2D eigenvalue weighted by Crippen LogP contribution is -2.42. The number of halogens is 1. The Kier molecular flexibility index (Phi) is 3.83. The number of rotatable bonds is 1. The maximum atomic E-state index is 13.6. The Balaban J connectivity index is 1.51. The molecule has 0 spiro atoms. The van der Waals surface area contributed by atoms with Crippen molar-refractivity contribution in [2.24, 2.45) is 10.2 Å². The van der Waals surface area contributed by atoms with Gasteiger partial charge >= 0.3 is 0 Å². The van der Waals surface area contributed by atoms with Gasteiger partial charge in [-0.25, -0.2) is 9.37 Å². The van der Waals surface area contributed by atoms with Gasteiger partial charge in [-0.05, 0) is 18.2 Å². The van der Waals surface area contributed by atoms with Gasteiger partial charge in [-0.3, -0.25) is 18.8 Å². The summed E-state index contributed by atoms with van der Waals surface area (Å²) >= 11 is 0. The summed E-state index contributed by atoms with van der Waals surface area (Å²) in [5.41, 5.74) is 1.77. The summed E-state index contributed by atoms with van der Waals surface area (Å²) < 4.78 is 14.7. The standard InChI is InChI=1S/C20H14FN5O3/c21-11-5-6-16-22-15-7-8-25(10-14(15)19(28)26(16)9-11)20(29)17-12-3-1-2-4-13(12)18(27)24-23-17/h1-6,9,17H,7-8,10H2. The van der Waals surface area contributed by atoms with Crippen LogP contribution in [0.5, 0.6) is 0 Å². The van der Waals surface area contributed by atoms with E-state index in [1.807, 2.05) is 0 Å². The summed E-state index contributed by atoms with van der Waals surface area (Å²) in [5.74, 6) is -1.37. The molecule has 2 amide bonds. The molecular formula is C20H14FN5O3. The summed E-state index contributed by atoms with van der Waals surface area (Å²) in [7, 11) is 0. The number of amides is 2. The van der Waals surface area contributed by atoms with Crippen molar-refractivity contribution in [3.05, 3.63) is 81.2 Å². The van der Waals surface area contributed by atoms with Crippen LogP contribution in [0.3, 0.4) is 0 Å². The van der Waals surface area contributed by atoms with Crippen LogP contribution in [-0.2, 0) is 17.8 Å². The first-order valence-corrected chi connectivity index (χ1v) is 9.05. The molecule has 0 bridgehead atoms. The number of hydrogen-bond donors (Lipinski definition) is 0. The molecule has 1 unspecified atom stereocenters. The topological polar surface area (TPSA) is 96.5 Å². The van der Waals surface area contributed by atoms with Gasteiger partial charge in [-0.2, -0.15) is 5.11 Å². The molecule has 9 heteroatoms. The SMILES string of the molecule is O=C1N=NC(C(=O)N2CCc3nc4ccc(F)cn4c(=O)c3C2)c2ccccc21. The van der Waals surface area contributed by atoms with Crippen LogP contribution in [0.1, 0.15) is 33.2 Å². The normalized spacial score (nSPS) is 17.9. The molecule has 0 N–H and O–H groups in total. The molecule has 1 aromatic carbocycles. The van der Waals surface area contributed by atoms with Crippen molar-refractivity contribution in [3.63, 3.8) is 0 Å². The predicted octanol–water partition coefficient (Wildman–Crippen LogP) is 2.07. The fourth-order valence-corrected chi connectivity index (χ4v) is 3.77. The quantitative estimate of drug-likeness (QED) is 0.634. The van der Waals surface area contributed by atoms with E-state index in [1.54, 1.807) is 24.3 Å². The smallest absolute Gasteiger partial charge is 0.295 e. The highest BCUT2D eigenvalue weighted by Crippen LogP contribution is 2.30. The number of azo groups is 1. The lowest BCUT2D eigenvalue weighted by molar-refractivity contribution is -0.133. The van der Waals surface area contributed by atoms with Crippen LogP contribution in [0, 0.1) is 5.82 Å². The Hall–Kier alpha value is -3.75. The van der Waals surface area contributed by atoms with Crippen molar-refractivity contribution in [2.75, 3.05) is 6.54 Å². The van der Waals surface area contributed by atoms with Crippen molar-refractivity contribution in [3.8, 4) is 0 Å². The fraction of sp³-hybridized carbons (Fsp3) is 0.200. The Morgan fingerprint density at radius 2 is 1.97 bits per heavy atom. The van der Waals surface area contributed by atoms with Crippen LogP contribution in [0.4, 0.5) is 4.39 Å². The maximum absolute atomic E-state index is 13.6. The zero-order chi connectivity index (χ0) is 20.1. The van der Waals surface area contributed by atoms with Crippen molar-refractivity contribution in [1.82, 2.24) is 14.3 Å². The minimum absolute atomic E-state index is 0.0432. The van der Waals surface area contributed by atoms with E-state index in [0.717, 1.165) is 10.6 Å². The van der Waals surface area contributed by atoms with E-state index in [9.17, 15) is 18.8 Å². The Bertz CT molecular complexity index is 1280. The van der Waals surface area contributed by atoms with Gasteiger partial charge in [0.2, 0.25) is 0 Å². The van der Waals surface area contributed by atoms with Crippen LogP contribution in [-0.4, -0.2) is 32.6 Å². The lowest BCUT2D eigenvalue weighted by Gasteiger charge is -2.30. The molecule has 4 heterocycles. The average Bonchev–Trinajstić information content (AvgIpc) is 2.74. The summed E-state index contributed by atoms with van der Waals surface area (Å²) in [6.07, 6.45) is 1.48. The molecule has 3 aromatic rings. The predicted molar refractivity (Wildman–Crippen MR) is 98.9 cm³/mol. The lowest BCUT2D eigenvalue weighted by atomic mass is 9.97. The van der Waals surface area contributed by atoms with Gasteiger partial charge in [0.15, 0.2) is 6.04 Å². The first-order valence-electron chi connectivity index (χ1n) is 9.05. The molecule has 2 aliphatic rings. The number of pyridine rings is 1. The molecule has 2 aromatic heterocycles. The van der Waals surface area contributed by atoms with E-state index in [2.05, 4.69) is 15.2 Å². The molecule has 0 fully saturated rings. The first kappa shape index (κ1) is 17.4. The van der Waals surface area contributed by atoms with Crippen LogP contribution in [0.25, 0.3) is 5.65 Å². The number of benzene rings is 1. The zero-order valence-corrected chi connectivity index (χ0v) is 15.1. The highest BCUT2D eigenvalue weighted by Gasteiger charge is 2.34. The van der Waals surface area contributed by atoms with E-state index in [1.165, 1.54) is 17.0 Å². The van der Waals surface area contributed by atoms with Gasteiger partial charge in [0.1, 0.15) is 11.5 Å². The molecule has 0 saturated heterocycles. The van der Waals surface area contributed by atoms with Gasteiger partial charge in [0.25, 0.3) is 17.4 Å². The molecule has 5 rings (SSSR count). The maximum Gasteiger partial charge on any atom is 0.295 e. The van der Waals surface area contributed by atoms with E-state index < -0.39 is 23.3 Å². The summed E-state index contributed by atoms with van der Waals surface area (Å²) in [6, 6.07) is 8.49. The number of nitrogens with zero attached hydrogens (tertiary/aromatic N) is 5. The van der Waals surface area contributed by atoms with E-state index in [0.29, 0.717) is 41.0 Å². The highest BCUT2D eigenvalue weighted by atomic mass is 19.1. The second-order valence-electron chi connectivity index (χ2n) is 6.94. The van der Waals surface area contributed by atoms with Crippen molar-refractivity contribution >= 4 is 17.5 Å². The number of carbonyl (C=O) groups is 2. The van der Waals surface area contributed by atoms with Crippen molar-refractivity contribution < 1.29 is 14.0 Å². The van der Waals surface area contributed by atoms with Crippen LogP contribution < -0.4 is 5.56 Å². The van der Waals surface area contributed by atoms with Gasteiger partial charge in [-0.15, -0.1) is 5.11 Å².